The minimum absolute atomic E-state index is 0.848. The number of aromatic nitrogens is 2. The zero-order valence-electron chi connectivity index (χ0n) is 15.0. The van der Waals surface area contributed by atoms with E-state index in [0.29, 0.717) is 0 Å². The maximum atomic E-state index is 4.29. The number of hydrogen-bond acceptors (Lipinski definition) is 1. The number of H-pyrrole nitrogens is 1. The van der Waals surface area contributed by atoms with Crippen molar-refractivity contribution in [2.45, 2.75) is 26.3 Å². The first kappa shape index (κ1) is 17.1. The van der Waals surface area contributed by atoms with Gasteiger partial charge in [0.2, 0.25) is 0 Å². The van der Waals surface area contributed by atoms with Crippen molar-refractivity contribution in [3.63, 3.8) is 0 Å². The summed E-state index contributed by atoms with van der Waals surface area (Å²) in [7, 11) is 1.81. The zero-order chi connectivity index (χ0) is 17.5. The average molecular weight is 337 g/mol. The highest BCUT2D eigenvalue weighted by molar-refractivity contribution is 5.86. The van der Waals surface area contributed by atoms with Crippen LogP contribution in [-0.4, -0.2) is 35.6 Å². The third-order valence-electron chi connectivity index (χ3n) is 4.51. The molecule has 0 unspecified atom stereocenters. The van der Waals surface area contributed by atoms with E-state index in [-0.39, 0.29) is 0 Å². The summed E-state index contributed by atoms with van der Waals surface area (Å²) in [5.41, 5.74) is 3.99. The minimum Gasteiger partial charge on any atom is -0.361 e. The molecule has 2 aromatic heterocycles. The standard InChI is InChI=1S/C20H27N5/c1-3-16-7-6-8-18-17(15-24-19(16)18)9-10-22-20(21-2)23-11-14-25-12-4-5-13-25/h4-8,12-13,15,24H,3,9-11,14H2,1-2H3,(H2,21,22,23). The Morgan fingerprint density at radius 3 is 2.64 bits per heavy atom. The molecular formula is C20H27N5. The Bertz CT molecular complexity index is 814. The molecule has 0 radical (unpaired) electrons. The Balaban J connectivity index is 1.50. The van der Waals surface area contributed by atoms with Crippen LogP contribution in [0.4, 0.5) is 0 Å². The Morgan fingerprint density at radius 2 is 1.88 bits per heavy atom. The van der Waals surface area contributed by atoms with Gasteiger partial charge in [0.15, 0.2) is 5.96 Å². The van der Waals surface area contributed by atoms with Gasteiger partial charge in [-0.05, 0) is 36.1 Å². The second kappa shape index (κ2) is 8.42. The second-order valence-corrected chi connectivity index (χ2v) is 6.10. The number of benzene rings is 1. The summed E-state index contributed by atoms with van der Waals surface area (Å²) in [6.45, 7) is 4.82. The van der Waals surface area contributed by atoms with Crippen LogP contribution < -0.4 is 10.6 Å². The van der Waals surface area contributed by atoms with E-state index in [4.69, 9.17) is 0 Å². The van der Waals surface area contributed by atoms with Gasteiger partial charge in [-0.2, -0.15) is 0 Å². The van der Waals surface area contributed by atoms with E-state index in [0.717, 1.165) is 38.4 Å². The summed E-state index contributed by atoms with van der Waals surface area (Å²) in [6.07, 6.45) is 8.28. The molecule has 0 saturated heterocycles. The molecule has 3 rings (SSSR count). The SMILES string of the molecule is CCc1cccc2c(CCNC(=NC)NCCn3cccc3)c[nH]c12. The van der Waals surface area contributed by atoms with Gasteiger partial charge in [0.25, 0.3) is 0 Å². The fourth-order valence-corrected chi connectivity index (χ4v) is 3.14. The Hall–Kier alpha value is -2.69. The highest BCUT2D eigenvalue weighted by atomic mass is 15.2. The van der Waals surface area contributed by atoms with Crippen molar-refractivity contribution in [1.82, 2.24) is 20.2 Å². The molecule has 0 spiro atoms. The van der Waals surface area contributed by atoms with Crippen molar-refractivity contribution < 1.29 is 0 Å². The molecule has 132 valence electrons. The Kier molecular flexibility index (Phi) is 5.77. The van der Waals surface area contributed by atoms with Crippen LogP contribution in [0.2, 0.25) is 0 Å². The highest BCUT2D eigenvalue weighted by Gasteiger charge is 2.06. The fraction of sp³-hybridized carbons (Fsp3) is 0.350. The smallest absolute Gasteiger partial charge is 0.191 e. The first-order valence-corrected chi connectivity index (χ1v) is 8.95. The van der Waals surface area contributed by atoms with Gasteiger partial charge in [0, 0.05) is 56.2 Å². The first-order valence-electron chi connectivity index (χ1n) is 8.95. The number of guanidine groups is 1. The summed E-state index contributed by atoms with van der Waals surface area (Å²) in [6, 6.07) is 10.6. The van der Waals surface area contributed by atoms with Gasteiger partial charge in [-0.1, -0.05) is 25.1 Å². The predicted octanol–water partition coefficient (Wildman–Crippen LogP) is 2.94. The van der Waals surface area contributed by atoms with Crippen LogP contribution >= 0.6 is 0 Å². The van der Waals surface area contributed by atoms with Crippen LogP contribution in [0, 0.1) is 0 Å². The van der Waals surface area contributed by atoms with Crippen molar-refractivity contribution in [3.8, 4) is 0 Å². The molecule has 0 atom stereocenters. The van der Waals surface area contributed by atoms with Crippen molar-refractivity contribution in [2.75, 3.05) is 20.1 Å². The van der Waals surface area contributed by atoms with E-state index in [1.165, 1.54) is 22.0 Å². The summed E-state index contributed by atoms with van der Waals surface area (Å²) < 4.78 is 2.15. The fourth-order valence-electron chi connectivity index (χ4n) is 3.14. The number of nitrogens with zero attached hydrogens (tertiary/aromatic N) is 2. The lowest BCUT2D eigenvalue weighted by molar-refractivity contribution is 0.665. The lowest BCUT2D eigenvalue weighted by atomic mass is 10.1. The molecule has 0 saturated carbocycles. The van der Waals surface area contributed by atoms with Crippen molar-refractivity contribution in [1.29, 1.82) is 0 Å². The van der Waals surface area contributed by atoms with E-state index in [9.17, 15) is 0 Å². The number of hydrogen-bond donors (Lipinski definition) is 3. The molecule has 3 aromatic rings. The monoisotopic (exact) mass is 337 g/mol. The topological polar surface area (TPSA) is 57.1 Å². The molecule has 0 aliphatic carbocycles. The number of rotatable bonds is 7. The molecule has 25 heavy (non-hydrogen) atoms. The number of fused-ring (bicyclic) bond motifs is 1. The van der Waals surface area contributed by atoms with Crippen LogP contribution in [0.15, 0.2) is 53.9 Å². The van der Waals surface area contributed by atoms with Crippen LogP contribution in [0.3, 0.4) is 0 Å². The average Bonchev–Trinajstić information content (AvgIpc) is 3.30. The molecule has 0 aliphatic rings. The van der Waals surface area contributed by atoms with Gasteiger partial charge in [-0.25, -0.2) is 0 Å². The van der Waals surface area contributed by atoms with Crippen molar-refractivity contribution >= 4 is 16.9 Å². The summed E-state index contributed by atoms with van der Waals surface area (Å²) in [4.78, 5) is 7.73. The third kappa shape index (κ3) is 4.24. The lowest BCUT2D eigenvalue weighted by Crippen LogP contribution is -2.39. The van der Waals surface area contributed by atoms with Gasteiger partial charge >= 0.3 is 0 Å². The molecule has 0 amide bonds. The number of para-hydroxylation sites is 1. The highest BCUT2D eigenvalue weighted by Crippen LogP contribution is 2.22. The molecule has 0 aliphatic heterocycles. The van der Waals surface area contributed by atoms with E-state index >= 15 is 0 Å². The molecule has 2 heterocycles. The van der Waals surface area contributed by atoms with E-state index < -0.39 is 0 Å². The molecule has 5 heteroatoms. The van der Waals surface area contributed by atoms with Gasteiger partial charge in [-0.3, -0.25) is 4.99 Å². The second-order valence-electron chi connectivity index (χ2n) is 6.10. The predicted molar refractivity (Wildman–Crippen MR) is 105 cm³/mol. The van der Waals surface area contributed by atoms with E-state index in [1.807, 2.05) is 19.2 Å². The van der Waals surface area contributed by atoms with Crippen LogP contribution in [0.5, 0.6) is 0 Å². The quantitative estimate of drug-likeness (QED) is 0.459. The van der Waals surface area contributed by atoms with E-state index in [1.54, 1.807) is 0 Å². The van der Waals surface area contributed by atoms with Gasteiger partial charge in [0.05, 0.1) is 0 Å². The van der Waals surface area contributed by atoms with Gasteiger partial charge in [0.1, 0.15) is 0 Å². The molecule has 5 nitrogen and oxygen atoms in total. The minimum atomic E-state index is 0.848. The maximum Gasteiger partial charge on any atom is 0.191 e. The number of nitrogens with one attached hydrogen (secondary N) is 3. The largest absolute Gasteiger partial charge is 0.361 e. The van der Waals surface area contributed by atoms with Gasteiger partial charge in [-0.15, -0.1) is 0 Å². The molecule has 1 aromatic carbocycles. The number of aromatic amines is 1. The number of aliphatic imine (C=N–C) groups is 1. The Morgan fingerprint density at radius 1 is 1.08 bits per heavy atom. The normalized spacial score (nSPS) is 11.8. The third-order valence-corrected chi connectivity index (χ3v) is 4.51. The molecule has 3 N–H and O–H groups in total. The summed E-state index contributed by atoms with van der Waals surface area (Å²) in [5.74, 6) is 0.848. The first-order chi connectivity index (χ1) is 12.3. The summed E-state index contributed by atoms with van der Waals surface area (Å²) in [5, 5.41) is 8.08. The Labute approximate surface area is 149 Å². The number of aryl methyl sites for hydroxylation is 1. The molecule has 0 fully saturated rings. The molecule has 0 bridgehead atoms. The summed E-state index contributed by atoms with van der Waals surface area (Å²) >= 11 is 0. The zero-order valence-corrected chi connectivity index (χ0v) is 15.0. The lowest BCUT2D eigenvalue weighted by Gasteiger charge is -2.12. The van der Waals surface area contributed by atoms with Crippen molar-refractivity contribution in [3.05, 3.63) is 60.0 Å². The van der Waals surface area contributed by atoms with Crippen molar-refractivity contribution in [2.24, 2.45) is 4.99 Å². The van der Waals surface area contributed by atoms with E-state index in [2.05, 4.69) is 68.9 Å². The van der Waals surface area contributed by atoms with Crippen LogP contribution in [0.25, 0.3) is 10.9 Å². The van der Waals surface area contributed by atoms with Crippen LogP contribution in [-0.2, 0) is 19.4 Å². The van der Waals surface area contributed by atoms with Gasteiger partial charge < -0.3 is 20.2 Å². The maximum absolute atomic E-state index is 4.29. The molecular weight excluding hydrogens is 310 g/mol. The van der Waals surface area contributed by atoms with Crippen LogP contribution in [0.1, 0.15) is 18.1 Å².